The van der Waals surface area contributed by atoms with Crippen molar-refractivity contribution < 1.29 is 14.6 Å². The van der Waals surface area contributed by atoms with Crippen LogP contribution in [0.15, 0.2) is 18.2 Å². The Labute approximate surface area is 135 Å². The van der Waals surface area contributed by atoms with Crippen molar-refractivity contribution in [1.82, 2.24) is 5.32 Å². The molecule has 0 aliphatic carbocycles. The molecule has 2 N–H and O–H groups in total. The van der Waals surface area contributed by atoms with E-state index in [9.17, 15) is 5.11 Å². The van der Waals surface area contributed by atoms with Gasteiger partial charge in [0.05, 0.1) is 10.6 Å². The monoisotopic (exact) mass is 333 g/mol. The average Bonchev–Trinajstić information content (AvgIpc) is 2.87. The summed E-state index contributed by atoms with van der Waals surface area (Å²) in [7, 11) is 0. The molecular formula is C15H21Cl2NO3. The van der Waals surface area contributed by atoms with Crippen molar-refractivity contribution in [2.45, 2.75) is 31.5 Å². The van der Waals surface area contributed by atoms with E-state index in [0.717, 1.165) is 26.0 Å². The molecule has 1 aromatic carbocycles. The molecule has 0 amide bonds. The van der Waals surface area contributed by atoms with Crippen molar-refractivity contribution in [3.63, 3.8) is 0 Å². The molecule has 118 valence electrons. The van der Waals surface area contributed by atoms with E-state index < -0.39 is 6.10 Å². The summed E-state index contributed by atoms with van der Waals surface area (Å²) in [6.07, 6.45) is 1.52. The standard InChI is InChI=1S/C15H21Cl2NO3/c1-15(5-2-6-21-15)10-18-8-12(19)9-20-14-7-11(16)3-4-13(14)17/h3-4,7,12,18-19H,2,5-6,8-10H2,1H3. The van der Waals surface area contributed by atoms with Crippen LogP contribution in [-0.4, -0.2) is 43.1 Å². The summed E-state index contributed by atoms with van der Waals surface area (Å²) in [4.78, 5) is 0. The lowest BCUT2D eigenvalue weighted by atomic mass is 10.0. The van der Waals surface area contributed by atoms with Crippen LogP contribution in [0.3, 0.4) is 0 Å². The predicted octanol–water partition coefficient (Wildman–Crippen LogP) is 2.89. The maximum absolute atomic E-state index is 9.92. The first kappa shape index (κ1) is 16.8. The lowest BCUT2D eigenvalue weighted by Gasteiger charge is -2.24. The zero-order valence-electron chi connectivity index (χ0n) is 12.1. The molecule has 1 saturated heterocycles. The van der Waals surface area contributed by atoms with Gasteiger partial charge in [-0.3, -0.25) is 0 Å². The number of hydrogen-bond donors (Lipinski definition) is 2. The molecule has 1 heterocycles. The summed E-state index contributed by atoms with van der Waals surface area (Å²) in [6, 6.07) is 5.00. The van der Waals surface area contributed by atoms with Gasteiger partial charge < -0.3 is 19.9 Å². The SMILES string of the molecule is CC1(CNCC(O)COc2cc(Cl)ccc2Cl)CCCO1. The summed E-state index contributed by atoms with van der Waals surface area (Å²) in [6.45, 7) is 4.22. The molecule has 1 aromatic rings. The summed E-state index contributed by atoms with van der Waals surface area (Å²) < 4.78 is 11.2. The normalized spacial score (nSPS) is 23.2. The number of hydrogen-bond acceptors (Lipinski definition) is 4. The van der Waals surface area contributed by atoms with Crippen molar-refractivity contribution in [2.24, 2.45) is 0 Å². The molecule has 0 bridgehead atoms. The third-order valence-corrected chi connectivity index (χ3v) is 4.05. The number of halogens is 2. The number of rotatable bonds is 7. The van der Waals surface area contributed by atoms with Gasteiger partial charge in [0.2, 0.25) is 0 Å². The minimum atomic E-state index is -0.620. The van der Waals surface area contributed by atoms with E-state index in [4.69, 9.17) is 32.7 Å². The molecule has 2 atom stereocenters. The highest BCUT2D eigenvalue weighted by atomic mass is 35.5. The van der Waals surface area contributed by atoms with Crippen LogP contribution in [0.2, 0.25) is 10.0 Å². The van der Waals surface area contributed by atoms with Gasteiger partial charge >= 0.3 is 0 Å². The molecule has 6 heteroatoms. The summed E-state index contributed by atoms with van der Waals surface area (Å²) in [5.74, 6) is 0.481. The van der Waals surface area contributed by atoms with Crippen molar-refractivity contribution in [3.8, 4) is 5.75 Å². The van der Waals surface area contributed by atoms with Gasteiger partial charge in [0.15, 0.2) is 0 Å². The van der Waals surface area contributed by atoms with E-state index >= 15 is 0 Å². The molecule has 0 spiro atoms. The fourth-order valence-corrected chi connectivity index (χ4v) is 2.65. The lowest BCUT2D eigenvalue weighted by Crippen LogP contribution is -2.41. The molecule has 0 aromatic heterocycles. The number of aliphatic hydroxyl groups is 1. The van der Waals surface area contributed by atoms with Crippen molar-refractivity contribution in [3.05, 3.63) is 28.2 Å². The zero-order chi connectivity index (χ0) is 15.3. The molecule has 2 unspecified atom stereocenters. The van der Waals surface area contributed by atoms with Gasteiger partial charge in [-0.05, 0) is 31.9 Å². The van der Waals surface area contributed by atoms with E-state index in [-0.39, 0.29) is 12.2 Å². The first-order chi connectivity index (χ1) is 9.98. The van der Waals surface area contributed by atoms with Crippen LogP contribution < -0.4 is 10.1 Å². The topological polar surface area (TPSA) is 50.7 Å². The zero-order valence-corrected chi connectivity index (χ0v) is 13.6. The Morgan fingerprint density at radius 1 is 1.48 bits per heavy atom. The number of ether oxygens (including phenoxy) is 2. The van der Waals surface area contributed by atoms with E-state index in [2.05, 4.69) is 12.2 Å². The molecule has 0 radical (unpaired) electrons. The third-order valence-electron chi connectivity index (χ3n) is 3.50. The minimum Gasteiger partial charge on any atom is -0.489 e. The van der Waals surface area contributed by atoms with Crippen LogP contribution in [-0.2, 0) is 4.74 Å². The number of aliphatic hydroxyl groups excluding tert-OH is 1. The lowest BCUT2D eigenvalue weighted by molar-refractivity contribution is 0.0170. The molecule has 4 nitrogen and oxygen atoms in total. The van der Waals surface area contributed by atoms with Gasteiger partial charge in [0.1, 0.15) is 18.5 Å². The highest BCUT2D eigenvalue weighted by molar-refractivity contribution is 6.34. The van der Waals surface area contributed by atoms with Gasteiger partial charge in [-0.2, -0.15) is 0 Å². The van der Waals surface area contributed by atoms with E-state index in [1.54, 1.807) is 18.2 Å². The highest BCUT2D eigenvalue weighted by Gasteiger charge is 2.29. The Hall–Kier alpha value is -0.520. The van der Waals surface area contributed by atoms with Gasteiger partial charge in [-0.15, -0.1) is 0 Å². The summed E-state index contributed by atoms with van der Waals surface area (Å²) in [5.41, 5.74) is -0.114. The number of benzene rings is 1. The van der Waals surface area contributed by atoms with Crippen LogP contribution in [0, 0.1) is 0 Å². The maximum atomic E-state index is 9.92. The van der Waals surface area contributed by atoms with Crippen LogP contribution in [0.25, 0.3) is 0 Å². The first-order valence-electron chi connectivity index (χ1n) is 7.09. The molecular weight excluding hydrogens is 313 g/mol. The van der Waals surface area contributed by atoms with Gasteiger partial charge in [0, 0.05) is 30.8 Å². The fraction of sp³-hybridized carbons (Fsp3) is 0.600. The highest BCUT2D eigenvalue weighted by Crippen LogP contribution is 2.27. The Balaban J connectivity index is 1.69. The largest absolute Gasteiger partial charge is 0.489 e. The minimum absolute atomic E-state index is 0.114. The van der Waals surface area contributed by atoms with Crippen molar-refractivity contribution in [2.75, 3.05) is 26.3 Å². The second kappa shape index (κ2) is 7.65. The maximum Gasteiger partial charge on any atom is 0.139 e. The summed E-state index contributed by atoms with van der Waals surface area (Å²) in [5, 5.41) is 14.2. The van der Waals surface area contributed by atoms with Crippen LogP contribution in [0.1, 0.15) is 19.8 Å². The van der Waals surface area contributed by atoms with Crippen LogP contribution >= 0.6 is 23.2 Å². The second-order valence-corrected chi connectivity index (χ2v) is 6.42. The van der Waals surface area contributed by atoms with E-state index in [1.807, 2.05) is 0 Å². The molecule has 1 fully saturated rings. The molecule has 1 aliphatic rings. The van der Waals surface area contributed by atoms with Gasteiger partial charge in [-0.25, -0.2) is 0 Å². The van der Waals surface area contributed by atoms with E-state index in [0.29, 0.717) is 22.3 Å². The summed E-state index contributed by atoms with van der Waals surface area (Å²) >= 11 is 11.9. The molecule has 1 aliphatic heterocycles. The quantitative estimate of drug-likeness (QED) is 0.805. The predicted molar refractivity (Wildman–Crippen MR) is 84.4 cm³/mol. The third kappa shape index (κ3) is 5.31. The van der Waals surface area contributed by atoms with Crippen LogP contribution in [0.4, 0.5) is 0 Å². The average molecular weight is 334 g/mol. The smallest absolute Gasteiger partial charge is 0.139 e. The Kier molecular flexibility index (Phi) is 6.14. The van der Waals surface area contributed by atoms with Gasteiger partial charge in [0.25, 0.3) is 0 Å². The fourth-order valence-electron chi connectivity index (χ4n) is 2.31. The van der Waals surface area contributed by atoms with Gasteiger partial charge in [-0.1, -0.05) is 23.2 Å². The molecule has 0 saturated carbocycles. The van der Waals surface area contributed by atoms with Crippen molar-refractivity contribution >= 4 is 23.2 Å². The Bertz CT molecular complexity index is 464. The second-order valence-electron chi connectivity index (χ2n) is 5.57. The number of nitrogens with one attached hydrogen (secondary N) is 1. The van der Waals surface area contributed by atoms with Crippen molar-refractivity contribution in [1.29, 1.82) is 0 Å². The Morgan fingerprint density at radius 3 is 3.00 bits per heavy atom. The van der Waals surface area contributed by atoms with Crippen LogP contribution in [0.5, 0.6) is 5.75 Å². The first-order valence-corrected chi connectivity index (χ1v) is 7.85. The Morgan fingerprint density at radius 2 is 2.29 bits per heavy atom. The van der Waals surface area contributed by atoms with E-state index in [1.165, 1.54) is 0 Å². The molecule has 21 heavy (non-hydrogen) atoms. The molecule has 2 rings (SSSR count).